The molecule has 1 atom stereocenters. The Kier molecular flexibility index (Phi) is 4.24. The molecule has 2 heterocycles. The van der Waals surface area contributed by atoms with Gasteiger partial charge in [-0.1, -0.05) is 23.5 Å². The number of carbonyl (C=O) groups is 1. The molecule has 1 aromatic heterocycles. The number of amides is 2. The van der Waals surface area contributed by atoms with E-state index >= 15 is 0 Å². The summed E-state index contributed by atoms with van der Waals surface area (Å²) in [6, 6.07) is 7.87. The highest BCUT2D eigenvalue weighted by atomic mass is 32.1. The molecule has 116 valence electrons. The largest absolute Gasteiger partial charge is 0.497 e. The fourth-order valence-electron chi connectivity index (χ4n) is 2.69. The Morgan fingerprint density at radius 2 is 2.14 bits per heavy atom. The average Bonchev–Trinajstić information content (AvgIpc) is 3.16. The van der Waals surface area contributed by atoms with Gasteiger partial charge in [-0.15, -0.1) is 10.2 Å². The lowest BCUT2D eigenvalue weighted by molar-refractivity contribution is 0.207. The number of ether oxygens (including phenoxy) is 1. The second kappa shape index (κ2) is 6.31. The van der Waals surface area contributed by atoms with Gasteiger partial charge in [0, 0.05) is 6.54 Å². The van der Waals surface area contributed by atoms with Gasteiger partial charge in [-0.3, -0.25) is 5.32 Å². The molecule has 1 unspecified atom stereocenters. The van der Waals surface area contributed by atoms with Crippen molar-refractivity contribution in [3.63, 3.8) is 0 Å². The number of hydrogen-bond acceptors (Lipinski definition) is 5. The van der Waals surface area contributed by atoms with Crippen molar-refractivity contribution < 1.29 is 9.53 Å². The van der Waals surface area contributed by atoms with Gasteiger partial charge in [-0.05, 0) is 37.5 Å². The Balaban J connectivity index is 1.72. The molecule has 1 N–H and O–H groups in total. The van der Waals surface area contributed by atoms with Gasteiger partial charge >= 0.3 is 6.03 Å². The first-order valence-electron chi connectivity index (χ1n) is 7.19. The predicted molar refractivity (Wildman–Crippen MR) is 85.3 cm³/mol. The summed E-state index contributed by atoms with van der Waals surface area (Å²) >= 11 is 1.38. The van der Waals surface area contributed by atoms with Crippen molar-refractivity contribution in [1.82, 2.24) is 15.1 Å². The van der Waals surface area contributed by atoms with Crippen LogP contribution in [0.3, 0.4) is 0 Å². The molecule has 3 rings (SSSR count). The zero-order chi connectivity index (χ0) is 15.5. The van der Waals surface area contributed by atoms with Gasteiger partial charge in [0.2, 0.25) is 5.13 Å². The topological polar surface area (TPSA) is 67.3 Å². The number of anilines is 1. The van der Waals surface area contributed by atoms with E-state index in [1.54, 1.807) is 7.11 Å². The lowest BCUT2D eigenvalue weighted by atomic mass is 10.0. The number of nitrogens with zero attached hydrogens (tertiary/aromatic N) is 3. The average molecular weight is 318 g/mol. The van der Waals surface area contributed by atoms with Crippen molar-refractivity contribution in [3.8, 4) is 5.75 Å². The number of aryl methyl sites for hydroxylation is 1. The van der Waals surface area contributed by atoms with Crippen molar-refractivity contribution in [2.75, 3.05) is 19.0 Å². The van der Waals surface area contributed by atoms with E-state index in [0.29, 0.717) is 5.13 Å². The molecule has 1 saturated heterocycles. The molecule has 1 aliphatic heterocycles. The van der Waals surface area contributed by atoms with E-state index in [4.69, 9.17) is 4.74 Å². The molecule has 0 saturated carbocycles. The van der Waals surface area contributed by atoms with E-state index in [1.807, 2.05) is 36.1 Å². The summed E-state index contributed by atoms with van der Waals surface area (Å²) in [6.07, 6.45) is 1.97. The summed E-state index contributed by atoms with van der Waals surface area (Å²) in [6.45, 7) is 2.61. The van der Waals surface area contributed by atoms with Crippen LogP contribution in [-0.4, -0.2) is 34.8 Å². The normalized spacial score (nSPS) is 17.5. The van der Waals surface area contributed by atoms with Crippen LogP contribution < -0.4 is 10.1 Å². The van der Waals surface area contributed by atoms with E-state index in [9.17, 15) is 4.79 Å². The lowest BCUT2D eigenvalue weighted by Crippen LogP contribution is -2.34. The van der Waals surface area contributed by atoms with Crippen LogP contribution in [0.1, 0.15) is 29.5 Å². The minimum Gasteiger partial charge on any atom is -0.497 e. The van der Waals surface area contributed by atoms with Gasteiger partial charge in [0.15, 0.2) is 0 Å². The van der Waals surface area contributed by atoms with E-state index < -0.39 is 0 Å². The number of nitrogens with one attached hydrogen (secondary N) is 1. The molecule has 2 aromatic rings. The highest BCUT2D eigenvalue weighted by Crippen LogP contribution is 2.33. The summed E-state index contributed by atoms with van der Waals surface area (Å²) in [4.78, 5) is 14.3. The Hall–Kier alpha value is -2.15. The van der Waals surface area contributed by atoms with Gasteiger partial charge in [0.25, 0.3) is 0 Å². The molecular weight excluding hydrogens is 300 g/mol. The first-order chi connectivity index (χ1) is 10.7. The molecule has 1 fully saturated rings. The van der Waals surface area contributed by atoms with Crippen LogP contribution in [0.5, 0.6) is 5.75 Å². The maximum absolute atomic E-state index is 12.5. The van der Waals surface area contributed by atoms with Crippen LogP contribution in [0.2, 0.25) is 0 Å². The summed E-state index contributed by atoms with van der Waals surface area (Å²) in [5.41, 5.74) is 1.13. The maximum Gasteiger partial charge on any atom is 0.324 e. The molecular formula is C15H18N4O2S. The molecule has 7 heteroatoms. The molecule has 0 aliphatic carbocycles. The molecule has 6 nitrogen and oxygen atoms in total. The SMILES string of the molecule is COc1ccc(C2CCCN2C(=O)Nc2nnc(C)s2)cc1. The first-order valence-corrected chi connectivity index (χ1v) is 8.00. The predicted octanol–water partition coefficient (Wildman–Crippen LogP) is 3.22. The molecule has 0 spiro atoms. The highest BCUT2D eigenvalue weighted by Gasteiger charge is 2.30. The van der Waals surface area contributed by atoms with Gasteiger partial charge in [0.05, 0.1) is 13.2 Å². The Bertz CT molecular complexity index is 656. The molecule has 1 aromatic carbocycles. The molecule has 0 radical (unpaired) electrons. The van der Waals surface area contributed by atoms with Crippen molar-refractivity contribution in [2.45, 2.75) is 25.8 Å². The molecule has 1 aliphatic rings. The van der Waals surface area contributed by atoms with Gasteiger partial charge in [-0.25, -0.2) is 4.79 Å². The maximum atomic E-state index is 12.5. The monoisotopic (exact) mass is 318 g/mol. The minimum absolute atomic E-state index is 0.0972. The number of rotatable bonds is 3. The van der Waals surface area contributed by atoms with E-state index in [2.05, 4.69) is 15.5 Å². The van der Waals surface area contributed by atoms with Gasteiger partial charge < -0.3 is 9.64 Å². The van der Waals surface area contributed by atoms with E-state index in [1.165, 1.54) is 11.3 Å². The third-order valence-corrected chi connectivity index (χ3v) is 4.51. The minimum atomic E-state index is -0.116. The summed E-state index contributed by atoms with van der Waals surface area (Å²) < 4.78 is 5.18. The number of methoxy groups -OCH3 is 1. The van der Waals surface area contributed by atoms with Crippen molar-refractivity contribution >= 4 is 22.5 Å². The second-order valence-corrected chi connectivity index (χ2v) is 6.36. The lowest BCUT2D eigenvalue weighted by Gasteiger charge is -2.24. The van der Waals surface area contributed by atoms with E-state index in [0.717, 1.165) is 35.7 Å². The summed E-state index contributed by atoms with van der Waals surface area (Å²) in [7, 11) is 1.65. The standard InChI is InChI=1S/C15H18N4O2S/c1-10-17-18-14(22-10)16-15(20)19-9-3-4-13(19)11-5-7-12(21-2)8-6-11/h5-8,13H,3-4,9H2,1-2H3,(H,16,18,20). The van der Waals surface area contributed by atoms with Crippen LogP contribution in [0, 0.1) is 6.92 Å². The first kappa shape index (κ1) is 14.8. The van der Waals surface area contributed by atoms with Crippen molar-refractivity contribution in [1.29, 1.82) is 0 Å². The molecule has 22 heavy (non-hydrogen) atoms. The van der Waals surface area contributed by atoms with E-state index in [-0.39, 0.29) is 12.1 Å². The number of carbonyl (C=O) groups excluding carboxylic acids is 1. The summed E-state index contributed by atoms with van der Waals surface area (Å²) in [5.74, 6) is 0.821. The quantitative estimate of drug-likeness (QED) is 0.943. The third kappa shape index (κ3) is 3.04. The zero-order valence-electron chi connectivity index (χ0n) is 12.6. The number of hydrogen-bond donors (Lipinski definition) is 1. The fraction of sp³-hybridized carbons (Fsp3) is 0.400. The fourth-order valence-corrected chi connectivity index (χ4v) is 3.27. The van der Waals surface area contributed by atoms with Crippen molar-refractivity contribution in [2.24, 2.45) is 0 Å². The van der Waals surface area contributed by atoms with Crippen LogP contribution >= 0.6 is 11.3 Å². The van der Waals surface area contributed by atoms with Gasteiger partial charge in [-0.2, -0.15) is 0 Å². The number of aromatic nitrogens is 2. The van der Waals surface area contributed by atoms with Crippen LogP contribution in [-0.2, 0) is 0 Å². The van der Waals surface area contributed by atoms with Gasteiger partial charge in [0.1, 0.15) is 10.8 Å². The van der Waals surface area contributed by atoms with Crippen LogP contribution in [0.25, 0.3) is 0 Å². The molecule has 0 bridgehead atoms. The Morgan fingerprint density at radius 1 is 1.36 bits per heavy atom. The number of likely N-dealkylation sites (tertiary alicyclic amines) is 1. The number of benzene rings is 1. The summed E-state index contributed by atoms with van der Waals surface area (Å²) in [5, 5.41) is 12.1. The molecule has 2 amide bonds. The highest BCUT2D eigenvalue weighted by molar-refractivity contribution is 7.15. The van der Waals surface area contributed by atoms with Crippen LogP contribution in [0.15, 0.2) is 24.3 Å². The van der Waals surface area contributed by atoms with Crippen molar-refractivity contribution in [3.05, 3.63) is 34.8 Å². The Labute approximate surface area is 133 Å². The Morgan fingerprint density at radius 3 is 2.77 bits per heavy atom. The smallest absolute Gasteiger partial charge is 0.324 e. The second-order valence-electron chi connectivity index (χ2n) is 5.18. The zero-order valence-corrected chi connectivity index (χ0v) is 13.4. The number of urea groups is 1. The van der Waals surface area contributed by atoms with Crippen LogP contribution in [0.4, 0.5) is 9.93 Å². The third-order valence-electron chi connectivity index (χ3n) is 3.75.